The first-order valence-corrected chi connectivity index (χ1v) is 5.93. The van der Waals surface area contributed by atoms with Crippen molar-refractivity contribution in [1.82, 2.24) is 9.97 Å². The zero-order valence-electron chi connectivity index (χ0n) is 10.7. The lowest BCUT2D eigenvalue weighted by Gasteiger charge is -2.39. The number of methoxy groups -OCH3 is 1. The Hall–Kier alpha value is -1.52. The fourth-order valence-corrected chi connectivity index (χ4v) is 2.40. The number of nitrogens with zero attached hydrogens (tertiary/aromatic N) is 3. The molecule has 0 aromatic carbocycles. The van der Waals surface area contributed by atoms with E-state index in [1.165, 1.54) is 19.2 Å². The average Bonchev–Trinajstić information content (AvgIpc) is 2.27. The Morgan fingerprint density at radius 2 is 2.18 bits per heavy atom. The van der Waals surface area contributed by atoms with E-state index in [1.807, 2.05) is 0 Å². The van der Waals surface area contributed by atoms with Gasteiger partial charge in [-0.15, -0.1) is 0 Å². The van der Waals surface area contributed by atoms with Gasteiger partial charge in [0.15, 0.2) is 11.6 Å². The van der Waals surface area contributed by atoms with E-state index in [-0.39, 0.29) is 0 Å². The molecule has 17 heavy (non-hydrogen) atoms. The van der Waals surface area contributed by atoms with Crippen LogP contribution in [0.5, 0.6) is 5.75 Å². The predicted molar refractivity (Wildman–Crippen MR) is 68.2 cm³/mol. The number of rotatable bonds is 2. The smallest absolute Gasteiger partial charge is 0.204 e. The first-order chi connectivity index (χ1) is 8.03. The molecule has 5 nitrogen and oxygen atoms in total. The van der Waals surface area contributed by atoms with Crippen LogP contribution < -0.4 is 15.4 Å². The van der Waals surface area contributed by atoms with Crippen LogP contribution in [0.4, 0.5) is 11.6 Å². The zero-order chi connectivity index (χ0) is 12.5. The Labute approximate surface area is 102 Å². The van der Waals surface area contributed by atoms with Crippen molar-refractivity contribution in [2.75, 3.05) is 30.8 Å². The fourth-order valence-electron chi connectivity index (χ4n) is 2.40. The second kappa shape index (κ2) is 4.39. The number of hydrogen-bond acceptors (Lipinski definition) is 5. The van der Waals surface area contributed by atoms with Crippen molar-refractivity contribution in [2.45, 2.75) is 26.7 Å². The van der Waals surface area contributed by atoms with E-state index >= 15 is 0 Å². The molecule has 1 aliphatic heterocycles. The van der Waals surface area contributed by atoms with E-state index in [2.05, 4.69) is 28.7 Å². The topological polar surface area (TPSA) is 64.3 Å². The van der Waals surface area contributed by atoms with Crippen molar-refractivity contribution >= 4 is 11.6 Å². The molecule has 2 rings (SSSR count). The van der Waals surface area contributed by atoms with Gasteiger partial charge in [-0.1, -0.05) is 13.8 Å². The predicted octanol–water partition coefficient (Wildman–Crippen LogP) is 1.69. The third-order valence-electron chi connectivity index (χ3n) is 3.22. The molecule has 1 aromatic rings. The van der Waals surface area contributed by atoms with Gasteiger partial charge in [-0.2, -0.15) is 0 Å². The third kappa shape index (κ3) is 2.43. The summed E-state index contributed by atoms with van der Waals surface area (Å²) in [7, 11) is 1.60. The van der Waals surface area contributed by atoms with Gasteiger partial charge >= 0.3 is 0 Å². The summed E-state index contributed by atoms with van der Waals surface area (Å²) in [6.07, 6.45) is 3.90. The van der Waals surface area contributed by atoms with Crippen molar-refractivity contribution in [2.24, 2.45) is 5.41 Å². The quantitative estimate of drug-likeness (QED) is 0.846. The summed E-state index contributed by atoms with van der Waals surface area (Å²) >= 11 is 0. The number of hydrogen-bond donors (Lipinski definition) is 1. The summed E-state index contributed by atoms with van der Waals surface area (Å²) in [5.74, 6) is 1.80. The highest BCUT2D eigenvalue weighted by Gasteiger charge is 2.29. The van der Waals surface area contributed by atoms with Crippen molar-refractivity contribution < 1.29 is 4.74 Å². The van der Waals surface area contributed by atoms with Crippen LogP contribution in [0, 0.1) is 5.41 Å². The summed E-state index contributed by atoms with van der Waals surface area (Å²) in [5.41, 5.74) is 6.11. The van der Waals surface area contributed by atoms with Crippen molar-refractivity contribution in [3.63, 3.8) is 0 Å². The van der Waals surface area contributed by atoms with Gasteiger partial charge in [0.1, 0.15) is 6.33 Å². The summed E-state index contributed by atoms with van der Waals surface area (Å²) < 4.78 is 5.31. The zero-order valence-corrected chi connectivity index (χ0v) is 10.7. The molecule has 2 heterocycles. The van der Waals surface area contributed by atoms with Crippen molar-refractivity contribution in [1.29, 1.82) is 0 Å². The lowest BCUT2D eigenvalue weighted by molar-refractivity contribution is 0.290. The lowest BCUT2D eigenvalue weighted by atomic mass is 9.84. The molecular weight excluding hydrogens is 216 g/mol. The second-order valence-electron chi connectivity index (χ2n) is 5.31. The van der Waals surface area contributed by atoms with Crippen LogP contribution in [-0.2, 0) is 0 Å². The molecule has 0 aliphatic carbocycles. The van der Waals surface area contributed by atoms with E-state index < -0.39 is 0 Å². The number of aromatic nitrogens is 2. The van der Waals surface area contributed by atoms with E-state index in [4.69, 9.17) is 10.5 Å². The van der Waals surface area contributed by atoms with Crippen LogP contribution >= 0.6 is 0 Å². The molecule has 0 saturated carbocycles. The maximum atomic E-state index is 5.80. The minimum absolute atomic E-state index is 0.309. The lowest BCUT2D eigenvalue weighted by Crippen LogP contribution is -2.40. The van der Waals surface area contributed by atoms with E-state index in [0.29, 0.717) is 17.0 Å². The first-order valence-electron chi connectivity index (χ1n) is 5.93. The Morgan fingerprint density at radius 1 is 1.41 bits per heavy atom. The van der Waals surface area contributed by atoms with Crippen LogP contribution in [0.1, 0.15) is 26.7 Å². The molecule has 1 aromatic heterocycles. The third-order valence-corrected chi connectivity index (χ3v) is 3.22. The molecule has 0 atom stereocenters. The standard InChI is InChI=1S/C12H20N4O/c1-12(2)5-4-6-16(7-12)11-9(17-3)10(13)14-8-15-11/h8H,4-7H2,1-3H3,(H2,13,14,15). The normalized spacial score (nSPS) is 19.1. The highest BCUT2D eigenvalue weighted by Crippen LogP contribution is 2.36. The summed E-state index contributed by atoms with van der Waals surface area (Å²) in [5, 5.41) is 0. The van der Waals surface area contributed by atoms with Gasteiger partial charge in [0.25, 0.3) is 0 Å². The highest BCUT2D eigenvalue weighted by atomic mass is 16.5. The largest absolute Gasteiger partial charge is 0.490 e. The molecule has 2 N–H and O–H groups in total. The molecule has 5 heteroatoms. The maximum absolute atomic E-state index is 5.80. The molecule has 0 unspecified atom stereocenters. The average molecular weight is 236 g/mol. The first kappa shape index (κ1) is 12.0. The number of piperidine rings is 1. The van der Waals surface area contributed by atoms with Gasteiger partial charge in [0, 0.05) is 13.1 Å². The SMILES string of the molecule is COc1c(N)ncnc1N1CCCC(C)(C)C1. The monoisotopic (exact) mass is 236 g/mol. The van der Waals surface area contributed by atoms with Crippen LogP contribution in [0.3, 0.4) is 0 Å². The van der Waals surface area contributed by atoms with Crippen molar-refractivity contribution in [3.8, 4) is 5.75 Å². The van der Waals surface area contributed by atoms with Gasteiger partial charge in [-0.3, -0.25) is 0 Å². The van der Waals surface area contributed by atoms with E-state index in [1.54, 1.807) is 7.11 Å². The van der Waals surface area contributed by atoms with Gasteiger partial charge in [0.2, 0.25) is 5.75 Å². The van der Waals surface area contributed by atoms with Crippen molar-refractivity contribution in [3.05, 3.63) is 6.33 Å². The number of nitrogens with two attached hydrogens (primary N) is 1. The Balaban J connectivity index is 2.30. The molecular formula is C12H20N4O. The maximum Gasteiger partial charge on any atom is 0.204 e. The minimum atomic E-state index is 0.309. The molecule has 0 spiro atoms. The van der Waals surface area contributed by atoms with Crippen LogP contribution in [-0.4, -0.2) is 30.2 Å². The second-order valence-corrected chi connectivity index (χ2v) is 5.31. The van der Waals surface area contributed by atoms with E-state index in [0.717, 1.165) is 18.9 Å². The van der Waals surface area contributed by atoms with Crippen LogP contribution in [0.15, 0.2) is 6.33 Å². The summed E-state index contributed by atoms with van der Waals surface area (Å²) in [4.78, 5) is 10.5. The van der Waals surface area contributed by atoms with Gasteiger partial charge in [-0.05, 0) is 18.3 Å². The Kier molecular flexibility index (Phi) is 3.09. The number of anilines is 2. The highest BCUT2D eigenvalue weighted by molar-refractivity contribution is 5.62. The van der Waals surface area contributed by atoms with Gasteiger partial charge in [-0.25, -0.2) is 9.97 Å². The van der Waals surface area contributed by atoms with Crippen LogP contribution in [0.2, 0.25) is 0 Å². The molecule has 1 saturated heterocycles. The van der Waals surface area contributed by atoms with Crippen LogP contribution in [0.25, 0.3) is 0 Å². The van der Waals surface area contributed by atoms with Gasteiger partial charge < -0.3 is 15.4 Å². The molecule has 0 radical (unpaired) electrons. The summed E-state index contributed by atoms with van der Waals surface area (Å²) in [6, 6.07) is 0. The Morgan fingerprint density at radius 3 is 2.82 bits per heavy atom. The molecule has 1 aliphatic rings. The van der Waals surface area contributed by atoms with Gasteiger partial charge in [0.05, 0.1) is 7.11 Å². The molecule has 0 amide bonds. The minimum Gasteiger partial charge on any atom is -0.490 e. The molecule has 94 valence electrons. The number of nitrogen functional groups attached to an aromatic ring is 1. The fraction of sp³-hybridized carbons (Fsp3) is 0.667. The Bertz CT molecular complexity index is 405. The molecule has 0 bridgehead atoms. The summed E-state index contributed by atoms with van der Waals surface area (Å²) in [6.45, 7) is 6.52. The van der Waals surface area contributed by atoms with E-state index in [9.17, 15) is 0 Å². The number of ether oxygens (including phenoxy) is 1. The molecule has 1 fully saturated rings.